The molecule has 0 aliphatic heterocycles. The molecule has 0 aliphatic carbocycles. The van der Waals surface area contributed by atoms with Crippen LogP contribution in [0.15, 0.2) is 65.1 Å². The van der Waals surface area contributed by atoms with Crippen molar-refractivity contribution < 1.29 is 13.2 Å². The third-order valence-corrected chi connectivity index (χ3v) is 8.22. The molecule has 0 spiro atoms. The van der Waals surface area contributed by atoms with E-state index in [1.807, 2.05) is 55.9 Å². The van der Waals surface area contributed by atoms with Crippen molar-refractivity contribution in [3.8, 4) is 0 Å². The van der Waals surface area contributed by atoms with Crippen LogP contribution in [-0.4, -0.2) is 42.6 Å². The van der Waals surface area contributed by atoms with Crippen LogP contribution in [0.5, 0.6) is 0 Å². The number of nitrogens with one attached hydrogen (secondary N) is 1. The zero-order valence-electron chi connectivity index (χ0n) is 22.3. The molecule has 4 aromatic heterocycles. The smallest absolute Gasteiger partial charge is 0.330 e. The minimum Gasteiger partial charge on any atom is -0.350 e. The molecule has 0 radical (unpaired) electrons. The molecule has 5 rings (SSSR count). The van der Waals surface area contributed by atoms with E-state index in [2.05, 4.69) is 14.7 Å². The maximum Gasteiger partial charge on any atom is 0.330 e. The Morgan fingerprint density at radius 2 is 1.85 bits per heavy atom. The summed E-state index contributed by atoms with van der Waals surface area (Å²) in [7, 11) is -0.515. The molecule has 0 fully saturated rings. The lowest BCUT2D eigenvalue weighted by atomic mass is 10.1. The molecule has 1 unspecified atom stereocenters. The lowest BCUT2D eigenvalue weighted by Crippen LogP contribution is -2.35. The van der Waals surface area contributed by atoms with Gasteiger partial charge < -0.3 is 9.13 Å². The first-order valence-corrected chi connectivity index (χ1v) is 14.2. The number of hydrogen-bond donors (Lipinski definition) is 1. The largest absolute Gasteiger partial charge is 0.350 e. The summed E-state index contributed by atoms with van der Waals surface area (Å²) in [5, 5.41) is 0.854. The van der Waals surface area contributed by atoms with Gasteiger partial charge in [-0.1, -0.05) is 25.5 Å². The number of aromatic nitrogens is 6. The van der Waals surface area contributed by atoms with E-state index in [4.69, 9.17) is 0 Å². The Kier molecular flexibility index (Phi) is 6.89. The van der Waals surface area contributed by atoms with Crippen LogP contribution in [0.4, 0.5) is 0 Å². The number of rotatable bonds is 9. The van der Waals surface area contributed by atoms with Crippen molar-refractivity contribution >= 4 is 38.0 Å². The van der Waals surface area contributed by atoms with Gasteiger partial charge in [-0.25, -0.2) is 19.5 Å². The summed E-state index contributed by atoms with van der Waals surface area (Å²) in [4.78, 5) is 35.2. The Morgan fingerprint density at radius 3 is 2.56 bits per heavy atom. The van der Waals surface area contributed by atoms with Crippen LogP contribution >= 0.6 is 0 Å². The molecule has 4 heterocycles. The minimum atomic E-state index is -4.13. The van der Waals surface area contributed by atoms with Crippen LogP contribution in [-0.2, 0) is 35.5 Å². The molecule has 1 aromatic carbocycles. The summed E-state index contributed by atoms with van der Waals surface area (Å²) in [6.45, 7) is 4.33. The summed E-state index contributed by atoms with van der Waals surface area (Å²) < 4.78 is 34.2. The van der Waals surface area contributed by atoms with E-state index < -0.39 is 22.0 Å². The monoisotopic (exact) mass is 549 g/mol. The van der Waals surface area contributed by atoms with Crippen LogP contribution in [0.25, 0.3) is 22.1 Å². The third-order valence-electron chi connectivity index (χ3n) is 6.96. The summed E-state index contributed by atoms with van der Waals surface area (Å²) in [6, 6.07) is 9.14. The SMILES string of the molecule is CCCC(CC(=O)NS(=O)(=O)c1cn(C)cn1)n1c(=O)n(Cc2cn(C)c3cccc(C)c23)c2cccnc21. The van der Waals surface area contributed by atoms with Gasteiger partial charge in [0, 0.05) is 56.1 Å². The number of fused-ring (bicyclic) bond motifs is 2. The van der Waals surface area contributed by atoms with Gasteiger partial charge in [-0.15, -0.1) is 0 Å². The fourth-order valence-electron chi connectivity index (χ4n) is 5.25. The van der Waals surface area contributed by atoms with Crippen molar-refractivity contribution in [2.75, 3.05) is 0 Å². The number of aryl methyl sites for hydroxylation is 3. The van der Waals surface area contributed by atoms with Gasteiger partial charge in [-0.05, 0) is 42.7 Å². The first-order valence-electron chi connectivity index (χ1n) is 12.7. The summed E-state index contributed by atoms with van der Waals surface area (Å²) in [5.74, 6) is -0.715. The van der Waals surface area contributed by atoms with Gasteiger partial charge in [0.05, 0.1) is 18.4 Å². The maximum absolute atomic E-state index is 13.9. The number of benzene rings is 1. The highest BCUT2D eigenvalue weighted by atomic mass is 32.2. The van der Waals surface area contributed by atoms with E-state index >= 15 is 0 Å². The van der Waals surface area contributed by atoms with Gasteiger partial charge >= 0.3 is 5.69 Å². The molecule has 11 nitrogen and oxygen atoms in total. The van der Waals surface area contributed by atoms with Gasteiger partial charge in [-0.2, -0.15) is 8.42 Å². The molecule has 0 bridgehead atoms. The van der Waals surface area contributed by atoms with Crippen LogP contribution in [0, 0.1) is 6.92 Å². The Morgan fingerprint density at radius 1 is 1.08 bits per heavy atom. The van der Waals surface area contributed by atoms with Crippen LogP contribution in [0.3, 0.4) is 0 Å². The molecule has 12 heteroatoms. The number of sulfonamides is 1. The van der Waals surface area contributed by atoms with Gasteiger partial charge in [-0.3, -0.25) is 13.9 Å². The van der Waals surface area contributed by atoms with E-state index in [0.29, 0.717) is 30.6 Å². The maximum atomic E-state index is 13.9. The molecule has 204 valence electrons. The van der Waals surface area contributed by atoms with Crippen LogP contribution < -0.4 is 10.4 Å². The zero-order chi connectivity index (χ0) is 27.9. The molecule has 1 amide bonds. The average molecular weight is 550 g/mol. The fraction of sp³-hybridized carbons (Fsp3) is 0.333. The minimum absolute atomic E-state index is 0.205. The quantitative estimate of drug-likeness (QED) is 0.301. The summed E-state index contributed by atoms with van der Waals surface area (Å²) >= 11 is 0. The van der Waals surface area contributed by atoms with Crippen molar-refractivity contribution in [2.45, 2.75) is 50.7 Å². The molecule has 0 saturated carbocycles. The molecule has 0 aliphatic rings. The van der Waals surface area contributed by atoms with Gasteiger partial charge in [0.1, 0.15) is 0 Å². The van der Waals surface area contributed by atoms with Crippen molar-refractivity contribution in [1.29, 1.82) is 0 Å². The second kappa shape index (κ2) is 10.2. The number of carbonyl (C=O) groups excluding carboxylic acids is 1. The van der Waals surface area contributed by atoms with Crippen molar-refractivity contribution in [1.82, 2.24) is 33.0 Å². The van der Waals surface area contributed by atoms with Crippen molar-refractivity contribution in [3.05, 3.63) is 76.9 Å². The highest BCUT2D eigenvalue weighted by Gasteiger charge is 2.27. The second-order valence-corrected chi connectivity index (χ2v) is 11.5. The molecule has 39 heavy (non-hydrogen) atoms. The van der Waals surface area contributed by atoms with E-state index in [-0.39, 0.29) is 17.1 Å². The Balaban J connectivity index is 1.53. The molecule has 1 N–H and O–H groups in total. The van der Waals surface area contributed by atoms with Crippen molar-refractivity contribution in [3.63, 3.8) is 0 Å². The molecule has 1 atom stereocenters. The molecule has 5 aromatic rings. The second-order valence-electron chi connectivity index (χ2n) is 9.87. The lowest BCUT2D eigenvalue weighted by molar-refractivity contribution is -0.120. The van der Waals surface area contributed by atoms with E-state index in [1.165, 1.54) is 21.7 Å². The number of hydrogen-bond acceptors (Lipinski definition) is 6. The number of imidazole rings is 2. The lowest BCUT2D eigenvalue weighted by Gasteiger charge is -2.17. The van der Waals surface area contributed by atoms with E-state index in [9.17, 15) is 18.0 Å². The number of pyridine rings is 1. The third kappa shape index (κ3) is 4.87. The van der Waals surface area contributed by atoms with Gasteiger partial charge in [0.2, 0.25) is 5.91 Å². The summed E-state index contributed by atoms with van der Waals surface area (Å²) in [6.07, 6.45) is 7.26. The normalized spacial score (nSPS) is 12.8. The molecule has 0 saturated heterocycles. The standard InChI is InChI=1S/C27H31N7O4S/c1-5-8-20(13-23(35)30-39(37,38)24-16-31(3)17-29-24)34-26-22(11-7-12-28-26)33(27(34)36)15-19-14-32(4)21-10-6-9-18(2)25(19)21/h6-7,9-12,14,16-17,20H,5,8,13,15H2,1-4H3,(H,30,35). The first-order chi connectivity index (χ1) is 18.6. The first kappa shape index (κ1) is 26.4. The fourth-order valence-corrected chi connectivity index (χ4v) is 6.23. The highest BCUT2D eigenvalue weighted by Crippen LogP contribution is 2.27. The summed E-state index contributed by atoms with van der Waals surface area (Å²) in [5.41, 5.74) is 4.01. The number of amides is 1. The molecular weight excluding hydrogens is 518 g/mol. The Hall–Kier alpha value is -4.19. The van der Waals surface area contributed by atoms with Crippen LogP contribution in [0.2, 0.25) is 0 Å². The average Bonchev–Trinajstić information content (AvgIpc) is 3.54. The highest BCUT2D eigenvalue weighted by molar-refractivity contribution is 7.90. The Labute approximate surface area is 225 Å². The van der Waals surface area contributed by atoms with Gasteiger partial charge in [0.15, 0.2) is 10.7 Å². The van der Waals surface area contributed by atoms with Crippen LogP contribution in [0.1, 0.15) is 43.4 Å². The predicted molar refractivity (Wildman–Crippen MR) is 148 cm³/mol. The molecular formula is C27H31N7O4S. The Bertz CT molecular complexity index is 1860. The topological polar surface area (TPSA) is 126 Å². The van der Waals surface area contributed by atoms with Crippen molar-refractivity contribution in [2.24, 2.45) is 14.1 Å². The zero-order valence-corrected chi connectivity index (χ0v) is 23.1. The predicted octanol–water partition coefficient (Wildman–Crippen LogP) is 3.02. The number of carbonyl (C=O) groups is 1. The number of nitrogens with zero attached hydrogens (tertiary/aromatic N) is 6. The van der Waals surface area contributed by atoms with Gasteiger partial charge in [0.25, 0.3) is 10.0 Å². The van der Waals surface area contributed by atoms with E-state index in [0.717, 1.165) is 22.0 Å². The van der Waals surface area contributed by atoms with E-state index in [1.54, 1.807) is 23.9 Å².